The number of aromatic nitrogens is 2. The lowest BCUT2D eigenvalue weighted by Gasteiger charge is -2.29. The molecule has 0 unspecified atom stereocenters. The Morgan fingerprint density at radius 3 is 2.42 bits per heavy atom. The van der Waals surface area contributed by atoms with Gasteiger partial charge in [-0.3, -0.25) is 4.99 Å². The zero-order valence-corrected chi connectivity index (χ0v) is 19.2. The monoisotopic (exact) mass is 481 g/mol. The van der Waals surface area contributed by atoms with Crippen LogP contribution in [0.1, 0.15) is 71.5 Å². The Hall–Kier alpha value is -0.900. The molecule has 0 bridgehead atoms. The van der Waals surface area contributed by atoms with Crippen LogP contribution in [0.3, 0.4) is 0 Å². The van der Waals surface area contributed by atoms with E-state index < -0.39 is 0 Å². The van der Waals surface area contributed by atoms with E-state index in [0.29, 0.717) is 25.4 Å². The minimum absolute atomic E-state index is 0. The van der Waals surface area contributed by atoms with Crippen LogP contribution in [0, 0.1) is 5.41 Å². The van der Waals surface area contributed by atoms with Gasteiger partial charge in [0, 0.05) is 38.6 Å². The molecular weight excluding hydrogens is 445 g/mol. The second-order valence-corrected chi connectivity index (χ2v) is 6.75. The maximum absolute atomic E-state index is 9.34. The highest BCUT2D eigenvalue weighted by Gasteiger charge is 2.25. The van der Waals surface area contributed by atoms with Crippen molar-refractivity contribution in [3.8, 4) is 0 Å². The van der Waals surface area contributed by atoms with Gasteiger partial charge in [0.2, 0.25) is 5.89 Å². The van der Waals surface area contributed by atoms with Crippen LogP contribution < -0.4 is 10.6 Å². The van der Waals surface area contributed by atoms with E-state index in [9.17, 15) is 5.11 Å². The Balaban J connectivity index is 0.00000625. The van der Waals surface area contributed by atoms with Crippen LogP contribution in [0.15, 0.2) is 9.52 Å². The second-order valence-electron chi connectivity index (χ2n) is 6.75. The molecule has 0 saturated heterocycles. The summed E-state index contributed by atoms with van der Waals surface area (Å²) in [6.45, 7) is 12.8. The summed E-state index contributed by atoms with van der Waals surface area (Å²) in [6.07, 6.45) is 3.45. The molecule has 152 valence electrons. The molecule has 0 amide bonds. The van der Waals surface area contributed by atoms with Crippen LogP contribution in [0.25, 0.3) is 0 Å². The molecule has 3 N–H and O–H groups in total. The number of halogens is 1. The molecule has 1 heterocycles. The highest BCUT2D eigenvalue weighted by molar-refractivity contribution is 14.0. The highest BCUT2D eigenvalue weighted by Crippen LogP contribution is 2.30. The molecule has 0 fully saturated rings. The molecule has 0 aliphatic carbocycles. The fraction of sp³-hybridized carbons (Fsp3) is 0.833. The number of hydrogen-bond donors (Lipinski definition) is 3. The average Bonchev–Trinajstić information content (AvgIpc) is 3.08. The third-order valence-electron chi connectivity index (χ3n) is 4.69. The van der Waals surface area contributed by atoms with Crippen LogP contribution in [-0.4, -0.2) is 47.4 Å². The maximum Gasteiger partial charge on any atom is 0.228 e. The van der Waals surface area contributed by atoms with Crippen LogP contribution in [0.2, 0.25) is 0 Å². The average molecular weight is 481 g/mol. The smallest absolute Gasteiger partial charge is 0.228 e. The van der Waals surface area contributed by atoms with Gasteiger partial charge in [-0.15, -0.1) is 24.0 Å². The summed E-state index contributed by atoms with van der Waals surface area (Å²) in [5, 5.41) is 19.9. The summed E-state index contributed by atoms with van der Waals surface area (Å²) in [5.41, 5.74) is 0.0652. The van der Waals surface area contributed by atoms with Crippen molar-refractivity contribution in [2.45, 2.75) is 66.2 Å². The van der Waals surface area contributed by atoms with Crippen molar-refractivity contribution in [2.24, 2.45) is 10.4 Å². The number of aliphatic hydroxyl groups excluding tert-OH is 1. The quantitative estimate of drug-likeness (QED) is 0.256. The molecule has 0 aliphatic heterocycles. The van der Waals surface area contributed by atoms with Gasteiger partial charge in [0.25, 0.3) is 0 Å². The number of rotatable bonds is 11. The number of nitrogens with one attached hydrogen (secondary N) is 2. The second kappa shape index (κ2) is 13.3. The number of guanidine groups is 1. The van der Waals surface area contributed by atoms with Gasteiger partial charge in [0.15, 0.2) is 11.8 Å². The van der Waals surface area contributed by atoms with Crippen molar-refractivity contribution in [1.82, 2.24) is 20.8 Å². The lowest BCUT2D eigenvalue weighted by molar-refractivity contribution is 0.175. The molecule has 7 nitrogen and oxygen atoms in total. The van der Waals surface area contributed by atoms with Crippen molar-refractivity contribution in [3.63, 3.8) is 0 Å². The van der Waals surface area contributed by atoms with Gasteiger partial charge >= 0.3 is 0 Å². The van der Waals surface area contributed by atoms with E-state index >= 15 is 0 Å². The SMILES string of the molecule is CCNC(=NCC(CC)(CC)CCO)NCCc1nc(C(C)C)no1.I. The number of aliphatic imine (C=N–C) groups is 1. The van der Waals surface area contributed by atoms with Gasteiger partial charge in [0.1, 0.15) is 0 Å². The Morgan fingerprint density at radius 1 is 1.23 bits per heavy atom. The minimum atomic E-state index is 0. The molecule has 0 spiro atoms. The lowest BCUT2D eigenvalue weighted by Crippen LogP contribution is -2.39. The maximum atomic E-state index is 9.34. The van der Waals surface area contributed by atoms with Crippen molar-refractivity contribution in [2.75, 3.05) is 26.2 Å². The van der Waals surface area contributed by atoms with E-state index in [1.54, 1.807) is 0 Å². The van der Waals surface area contributed by atoms with Gasteiger partial charge in [-0.2, -0.15) is 4.98 Å². The molecule has 0 saturated carbocycles. The van der Waals surface area contributed by atoms with Crippen LogP contribution in [0.5, 0.6) is 0 Å². The first kappa shape index (κ1) is 25.1. The van der Waals surface area contributed by atoms with Crippen LogP contribution in [0.4, 0.5) is 0 Å². The third kappa shape index (κ3) is 8.20. The van der Waals surface area contributed by atoms with E-state index in [1.807, 2.05) is 20.8 Å². The summed E-state index contributed by atoms with van der Waals surface area (Å²) in [4.78, 5) is 9.11. The summed E-state index contributed by atoms with van der Waals surface area (Å²) in [5.74, 6) is 2.45. The Bertz CT molecular complexity index is 515. The van der Waals surface area contributed by atoms with E-state index in [4.69, 9.17) is 9.52 Å². The molecule has 26 heavy (non-hydrogen) atoms. The van der Waals surface area contributed by atoms with Gasteiger partial charge in [-0.25, -0.2) is 0 Å². The molecule has 0 aliphatic rings. The molecule has 0 atom stereocenters. The Kier molecular flexibility index (Phi) is 12.8. The zero-order chi connectivity index (χ0) is 18.7. The normalized spacial score (nSPS) is 12.2. The summed E-state index contributed by atoms with van der Waals surface area (Å²) < 4.78 is 5.26. The predicted molar refractivity (Wildman–Crippen MR) is 116 cm³/mol. The molecule has 0 aromatic carbocycles. The zero-order valence-electron chi connectivity index (χ0n) is 16.8. The van der Waals surface area contributed by atoms with Crippen molar-refractivity contribution in [3.05, 3.63) is 11.7 Å². The molecular formula is C18H36IN5O2. The number of hydrogen-bond acceptors (Lipinski definition) is 5. The topological polar surface area (TPSA) is 95.6 Å². The first-order valence-corrected chi connectivity index (χ1v) is 9.45. The van der Waals surface area contributed by atoms with E-state index in [1.165, 1.54) is 0 Å². The summed E-state index contributed by atoms with van der Waals surface area (Å²) in [6, 6.07) is 0. The first-order chi connectivity index (χ1) is 12.0. The van der Waals surface area contributed by atoms with Gasteiger partial charge in [-0.05, 0) is 31.6 Å². The van der Waals surface area contributed by atoms with Crippen LogP contribution >= 0.6 is 24.0 Å². The third-order valence-corrected chi connectivity index (χ3v) is 4.69. The van der Waals surface area contributed by atoms with Crippen molar-refractivity contribution >= 4 is 29.9 Å². The number of nitrogens with zero attached hydrogens (tertiary/aromatic N) is 3. The summed E-state index contributed by atoms with van der Waals surface area (Å²) in [7, 11) is 0. The van der Waals surface area contributed by atoms with E-state index in [0.717, 1.165) is 37.6 Å². The van der Waals surface area contributed by atoms with Crippen molar-refractivity contribution in [1.29, 1.82) is 0 Å². The standard InChI is InChI=1S/C18H35N5O2.HI/c1-6-18(7-2,10-12-24)13-21-17(19-8-3)20-11-9-15-22-16(14(4)5)23-25-15;/h14,24H,6-13H2,1-5H3,(H2,19,20,21);1H. The van der Waals surface area contributed by atoms with Gasteiger partial charge in [-0.1, -0.05) is 32.9 Å². The van der Waals surface area contributed by atoms with Crippen molar-refractivity contribution < 1.29 is 9.63 Å². The first-order valence-electron chi connectivity index (χ1n) is 9.45. The van der Waals surface area contributed by atoms with E-state index in [-0.39, 0.29) is 41.9 Å². The van der Waals surface area contributed by atoms with E-state index in [2.05, 4.69) is 34.6 Å². The molecule has 8 heteroatoms. The Labute approximate surface area is 174 Å². The number of aliphatic hydroxyl groups is 1. The van der Waals surface area contributed by atoms with Gasteiger partial charge < -0.3 is 20.3 Å². The van der Waals surface area contributed by atoms with Crippen LogP contribution in [-0.2, 0) is 6.42 Å². The largest absolute Gasteiger partial charge is 0.396 e. The molecule has 0 radical (unpaired) electrons. The fourth-order valence-corrected chi connectivity index (χ4v) is 2.62. The molecule has 1 aromatic heterocycles. The minimum Gasteiger partial charge on any atom is -0.396 e. The lowest BCUT2D eigenvalue weighted by atomic mass is 9.79. The Morgan fingerprint density at radius 2 is 1.92 bits per heavy atom. The van der Waals surface area contributed by atoms with Gasteiger partial charge in [0.05, 0.1) is 0 Å². The fourth-order valence-electron chi connectivity index (χ4n) is 2.62. The summed E-state index contributed by atoms with van der Waals surface area (Å²) >= 11 is 0. The highest BCUT2D eigenvalue weighted by atomic mass is 127. The molecule has 1 aromatic rings. The predicted octanol–water partition coefficient (Wildman–Crippen LogP) is 3.10. The molecule has 1 rings (SSSR count).